The fourth-order valence-electron chi connectivity index (χ4n) is 3.66. The van der Waals surface area contributed by atoms with Gasteiger partial charge in [0.1, 0.15) is 0 Å². The molecule has 1 heterocycles. The summed E-state index contributed by atoms with van der Waals surface area (Å²) in [6, 6.07) is -0.0289. The molecule has 0 aromatic rings. The maximum atomic E-state index is 12.5. The van der Waals surface area contributed by atoms with Gasteiger partial charge >= 0.3 is 0 Å². The molecule has 1 saturated heterocycles. The number of hydrogen-bond acceptors (Lipinski definition) is 3. The molecule has 2 rings (SSSR count). The van der Waals surface area contributed by atoms with E-state index in [1.165, 1.54) is 38.5 Å². The van der Waals surface area contributed by atoms with Gasteiger partial charge in [0, 0.05) is 11.3 Å². The molecule has 1 saturated carbocycles. The van der Waals surface area contributed by atoms with E-state index in [1.54, 1.807) is 0 Å². The highest BCUT2D eigenvalue weighted by atomic mass is 32.2. The lowest BCUT2D eigenvalue weighted by Gasteiger charge is -2.40. The second kappa shape index (κ2) is 6.69. The summed E-state index contributed by atoms with van der Waals surface area (Å²) in [6.07, 6.45) is 11.0. The molecule has 0 aromatic carbocycles. The molecular weight excluding hydrogens is 268 g/mol. The lowest BCUT2D eigenvalue weighted by atomic mass is 9.77. The molecule has 20 heavy (non-hydrogen) atoms. The highest BCUT2D eigenvalue weighted by molar-refractivity contribution is 8.00. The minimum Gasteiger partial charge on any atom is -0.353 e. The third-order valence-electron chi connectivity index (χ3n) is 5.17. The Morgan fingerprint density at radius 2 is 1.90 bits per heavy atom. The molecule has 1 unspecified atom stereocenters. The predicted molar refractivity (Wildman–Crippen MR) is 87.1 cm³/mol. The molecule has 1 aliphatic heterocycles. The molecule has 0 bridgehead atoms. The molecule has 2 fully saturated rings. The fourth-order valence-corrected chi connectivity index (χ4v) is 4.57. The van der Waals surface area contributed by atoms with Crippen LogP contribution in [0.25, 0.3) is 0 Å². The number of hydrogen-bond donors (Lipinski definition) is 2. The topological polar surface area (TPSA) is 41.1 Å². The van der Waals surface area contributed by atoms with E-state index in [4.69, 9.17) is 0 Å². The van der Waals surface area contributed by atoms with E-state index in [0.717, 1.165) is 19.5 Å². The van der Waals surface area contributed by atoms with Crippen LogP contribution in [0.1, 0.15) is 58.8 Å². The number of nitrogens with one attached hydrogen (secondary N) is 2. The molecular formula is C16H30N2OS. The number of carbonyl (C=O) groups excluding carboxylic acids is 1. The summed E-state index contributed by atoms with van der Waals surface area (Å²) in [5.41, 5.74) is 0.0709. The molecule has 1 amide bonds. The second-order valence-corrected chi connectivity index (χ2v) is 8.42. The van der Waals surface area contributed by atoms with Crippen molar-refractivity contribution in [2.24, 2.45) is 5.41 Å². The van der Waals surface area contributed by atoms with Gasteiger partial charge < -0.3 is 10.6 Å². The van der Waals surface area contributed by atoms with Crippen LogP contribution in [0.15, 0.2) is 0 Å². The summed E-state index contributed by atoms with van der Waals surface area (Å²) in [6.45, 7) is 6.21. The second-order valence-electron chi connectivity index (χ2n) is 7.14. The molecule has 2 N–H and O–H groups in total. The first kappa shape index (κ1) is 16.2. The minimum absolute atomic E-state index is 0.0289. The van der Waals surface area contributed by atoms with Gasteiger partial charge in [-0.2, -0.15) is 11.8 Å². The standard InChI is InChI=1S/C16H30N2OS/c1-15(2)8-7-11-17-13(15)14(19)18-12-16(20-3)9-5-4-6-10-16/h13,17H,4-12H2,1-3H3,(H,18,19). The monoisotopic (exact) mass is 298 g/mol. The largest absolute Gasteiger partial charge is 0.353 e. The van der Waals surface area contributed by atoms with Crippen molar-refractivity contribution in [1.29, 1.82) is 0 Å². The zero-order chi connectivity index (χ0) is 14.6. The molecule has 1 atom stereocenters. The predicted octanol–water partition coefficient (Wildman–Crippen LogP) is 2.95. The molecule has 0 radical (unpaired) electrons. The van der Waals surface area contributed by atoms with Crippen molar-refractivity contribution in [2.45, 2.75) is 69.6 Å². The van der Waals surface area contributed by atoms with Crippen LogP contribution < -0.4 is 10.6 Å². The molecule has 116 valence electrons. The van der Waals surface area contributed by atoms with Crippen LogP contribution in [0.2, 0.25) is 0 Å². The molecule has 0 spiro atoms. The Morgan fingerprint density at radius 3 is 2.50 bits per heavy atom. The summed E-state index contributed by atoms with van der Waals surface area (Å²) in [4.78, 5) is 12.5. The zero-order valence-corrected chi connectivity index (χ0v) is 14.1. The average Bonchev–Trinajstić information content (AvgIpc) is 2.45. The Balaban J connectivity index is 1.90. The van der Waals surface area contributed by atoms with Crippen LogP contribution in [0.5, 0.6) is 0 Å². The van der Waals surface area contributed by atoms with E-state index in [9.17, 15) is 4.79 Å². The fraction of sp³-hybridized carbons (Fsp3) is 0.938. The van der Waals surface area contributed by atoms with Crippen LogP contribution >= 0.6 is 11.8 Å². The SMILES string of the molecule is CSC1(CNC(=O)C2NCCCC2(C)C)CCCCC1. The molecule has 1 aliphatic carbocycles. The highest BCUT2D eigenvalue weighted by Gasteiger charge is 2.38. The van der Waals surface area contributed by atoms with Gasteiger partial charge in [0.25, 0.3) is 0 Å². The van der Waals surface area contributed by atoms with Gasteiger partial charge in [-0.05, 0) is 43.9 Å². The van der Waals surface area contributed by atoms with Crippen molar-refractivity contribution in [3.8, 4) is 0 Å². The van der Waals surface area contributed by atoms with E-state index < -0.39 is 0 Å². The van der Waals surface area contributed by atoms with Gasteiger partial charge in [0.05, 0.1) is 6.04 Å². The summed E-state index contributed by atoms with van der Waals surface area (Å²) < 4.78 is 0.284. The van der Waals surface area contributed by atoms with E-state index in [2.05, 4.69) is 30.7 Å². The molecule has 4 heteroatoms. The van der Waals surface area contributed by atoms with Crippen molar-refractivity contribution >= 4 is 17.7 Å². The summed E-state index contributed by atoms with van der Waals surface area (Å²) in [5.74, 6) is 0.202. The number of carbonyl (C=O) groups is 1. The van der Waals surface area contributed by atoms with Gasteiger partial charge in [-0.3, -0.25) is 4.79 Å². The Morgan fingerprint density at radius 1 is 1.20 bits per heavy atom. The Labute approximate surface area is 128 Å². The van der Waals surface area contributed by atoms with Crippen LogP contribution in [0.4, 0.5) is 0 Å². The summed E-state index contributed by atoms with van der Waals surface area (Å²) in [7, 11) is 0. The summed E-state index contributed by atoms with van der Waals surface area (Å²) >= 11 is 1.95. The van der Waals surface area contributed by atoms with Crippen molar-refractivity contribution in [1.82, 2.24) is 10.6 Å². The number of amides is 1. The average molecular weight is 298 g/mol. The Hall–Kier alpha value is -0.220. The summed E-state index contributed by atoms with van der Waals surface area (Å²) in [5, 5.41) is 6.66. The van der Waals surface area contributed by atoms with E-state index in [-0.39, 0.29) is 22.1 Å². The van der Waals surface area contributed by atoms with Crippen LogP contribution in [-0.2, 0) is 4.79 Å². The third-order valence-corrected chi connectivity index (χ3v) is 6.59. The van der Waals surface area contributed by atoms with Gasteiger partial charge in [0.15, 0.2) is 0 Å². The minimum atomic E-state index is -0.0289. The maximum absolute atomic E-state index is 12.5. The highest BCUT2D eigenvalue weighted by Crippen LogP contribution is 2.38. The lowest BCUT2D eigenvalue weighted by molar-refractivity contribution is -0.126. The third kappa shape index (κ3) is 3.70. The molecule has 0 aromatic heterocycles. The van der Waals surface area contributed by atoms with E-state index in [0.29, 0.717) is 0 Å². The van der Waals surface area contributed by atoms with Gasteiger partial charge in [-0.15, -0.1) is 0 Å². The van der Waals surface area contributed by atoms with Gasteiger partial charge in [-0.25, -0.2) is 0 Å². The normalized spacial score (nSPS) is 28.9. The first-order valence-electron chi connectivity index (χ1n) is 8.05. The maximum Gasteiger partial charge on any atom is 0.237 e. The van der Waals surface area contributed by atoms with Crippen LogP contribution in [0.3, 0.4) is 0 Å². The molecule has 2 aliphatic rings. The van der Waals surface area contributed by atoms with Crippen molar-refractivity contribution in [3.63, 3.8) is 0 Å². The van der Waals surface area contributed by atoms with Gasteiger partial charge in [0.2, 0.25) is 5.91 Å². The zero-order valence-electron chi connectivity index (χ0n) is 13.3. The van der Waals surface area contributed by atoms with Crippen molar-refractivity contribution in [2.75, 3.05) is 19.3 Å². The number of rotatable bonds is 4. The Kier molecular flexibility index (Phi) is 5.41. The van der Waals surface area contributed by atoms with E-state index >= 15 is 0 Å². The van der Waals surface area contributed by atoms with Crippen LogP contribution in [-0.4, -0.2) is 36.0 Å². The quantitative estimate of drug-likeness (QED) is 0.838. The smallest absolute Gasteiger partial charge is 0.237 e. The van der Waals surface area contributed by atoms with Crippen LogP contribution in [0, 0.1) is 5.41 Å². The number of thioether (sulfide) groups is 1. The van der Waals surface area contributed by atoms with Gasteiger partial charge in [-0.1, -0.05) is 33.1 Å². The number of piperidine rings is 1. The van der Waals surface area contributed by atoms with E-state index in [1.807, 2.05) is 11.8 Å². The van der Waals surface area contributed by atoms with Crippen molar-refractivity contribution < 1.29 is 4.79 Å². The lowest BCUT2D eigenvalue weighted by Crippen LogP contribution is -2.57. The molecule has 3 nitrogen and oxygen atoms in total. The first-order valence-corrected chi connectivity index (χ1v) is 9.28. The Bertz CT molecular complexity index is 337. The first-order chi connectivity index (χ1) is 9.49. The van der Waals surface area contributed by atoms with Crippen molar-refractivity contribution in [3.05, 3.63) is 0 Å².